The van der Waals surface area contributed by atoms with E-state index in [4.69, 9.17) is 4.74 Å². The average molecular weight is 628 g/mol. The summed E-state index contributed by atoms with van der Waals surface area (Å²) < 4.78 is 36.5. The van der Waals surface area contributed by atoms with Crippen LogP contribution in [-0.2, 0) is 44.2 Å². The van der Waals surface area contributed by atoms with Crippen LogP contribution in [0.5, 0.6) is 0 Å². The van der Waals surface area contributed by atoms with Crippen molar-refractivity contribution in [3.63, 3.8) is 0 Å². The average Bonchev–Trinajstić information content (AvgIpc) is 3.45. The normalized spacial score (nSPS) is 17.5. The van der Waals surface area contributed by atoms with Crippen LogP contribution < -0.4 is 4.72 Å². The Balaban J connectivity index is 1.42. The van der Waals surface area contributed by atoms with Gasteiger partial charge in [0.15, 0.2) is 10.8 Å². The summed E-state index contributed by atoms with van der Waals surface area (Å²) in [7, 11) is -2.24. The first-order valence-corrected chi connectivity index (χ1v) is 16.8. The fourth-order valence-electron chi connectivity index (χ4n) is 6.35. The molecular formula is C36H41N3O5S. The molecule has 8 nitrogen and oxygen atoms in total. The molecule has 0 bridgehead atoms. The van der Waals surface area contributed by atoms with Gasteiger partial charge in [0.05, 0.1) is 6.33 Å². The zero-order valence-corrected chi connectivity index (χ0v) is 27.1. The molecule has 45 heavy (non-hydrogen) atoms. The molecule has 1 saturated heterocycles. The molecule has 1 aromatic heterocycles. The number of carbonyl (C=O) groups excluding carboxylic acids is 2. The molecule has 3 aromatic carbocycles. The van der Waals surface area contributed by atoms with Crippen molar-refractivity contribution in [2.45, 2.75) is 69.4 Å². The molecule has 0 saturated carbocycles. The first-order valence-electron chi connectivity index (χ1n) is 15.3. The highest BCUT2D eigenvalue weighted by Gasteiger charge is 2.51. The highest BCUT2D eigenvalue weighted by molar-refractivity contribution is 7.92. The number of cyclic esters (lactones) is 1. The molecule has 0 spiro atoms. The standard InChI is InChI=1S/C36H41N3O5S/c1-35(2,3)33(28-16-11-17-29(22-28)38-45(42,43)31-24-39(4)25-37-31)32-30(40)23-36(44-34(32)41,20-18-26-12-7-5-8-13-26)21-19-27-14-9-6-10-15-27/h5-17,22,24-25,32-33,38H,18-21,23H2,1-4H3/t32?,33-/m0/s1. The Morgan fingerprint density at radius 1 is 0.933 bits per heavy atom. The summed E-state index contributed by atoms with van der Waals surface area (Å²) in [5.41, 5.74) is 1.81. The van der Waals surface area contributed by atoms with E-state index in [1.54, 1.807) is 29.8 Å². The second kappa shape index (κ2) is 13.0. The van der Waals surface area contributed by atoms with Crippen molar-refractivity contribution >= 4 is 27.5 Å². The van der Waals surface area contributed by atoms with Gasteiger partial charge in [-0.25, -0.2) is 4.98 Å². The molecule has 0 aliphatic carbocycles. The fourth-order valence-corrected chi connectivity index (χ4v) is 7.39. The maximum absolute atomic E-state index is 14.2. The number of nitrogens with zero attached hydrogens (tertiary/aromatic N) is 2. The summed E-state index contributed by atoms with van der Waals surface area (Å²) in [6.07, 6.45) is 5.41. The molecule has 9 heteroatoms. The van der Waals surface area contributed by atoms with Crippen LogP contribution in [0.3, 0.4) is 0 Å². The summed E-state index contributed by atoms with van der Waals surface area (Å²) in [4.78, 5) is 32.2. The zero-order valence-electron chi connectivity index (χ0n) is 26.3. The second-order valence-electron chi connectivity index (χ2n) is 13.1. The predicted octanol–water partition coefficient (Wildman–Crippen LogP) is 6.49. The van der Waals surface area contributed by atoms with Crippen LogP contribution >= 0.6 is 0 Å². The summed E-state index contributed by atoms with van der Waals surface area (Å²) in [5, 5.41) is -0.101. The number of hydrogen-bond donors (Lipinski definition) is 1. The van der Waals surface area contributed by atoms with Gasteiger partial charge in [-0.1, -0.05) is 93.6 Å². The molecule has 1 fully saturated rings. The van der Waals surface area contributed by atoms with Gasteiger partial charge in [0.25, 0.3) is 10.0 Å². The van der Waals surface area contributed by atoms with Gasteiger partial charge < -0.3 is 9.30 Å². The van der Waals surface area contributed by atoms with Crippen LogP contribution in [0.25, 0.3) is 0 Å². The van der Waals surface area contributed by atoms with E-state index in [-0.39, 0.29) is 17.2 Å². The van der Waals surface area contributed by atoms with E-state index in [0.29, 0.717) is 36.9 Å². The van der Waals surface area contributed by atoms with E-state index in [2.05, 4.69) is 9.71 Å². The van der Waals surface area contributed by atoms with Gasteiger partial charge in [0.2, 0.25) is 0 Å². The lowest BCUT2D eigenvalue weighted by atomic mass is 9.65. The molecule has 2 atom stereocenters. The topological polar surface area (TPSA) is 107 Å². The number of rotatable bonds is 11. The van der Waals surface area contributed by atoms with Crippen molar-refractivity contribution in [3.05, 3.63) is 114 Å². The number of esters is 1. The number of carbonyl (C=O) groups is 2. The van der Waals surface area contributed by atoms with Crippen molar-refractivity contribution < 1.29 is 22.7 Å². The van der Waals surface area contributed by atoms with E-state index < -0.39 is 38.8 Å². The van der Waals surface area contributed by atoms with E-state index >= 15 is 0 Å². The van der Waals surface area contributed by atoms with Crippen LogP contribution in [0.2, 0.25) is 0 Å². The van der Waals surface area contributed by atoms with Crippen molar-refractivity contribution in [2.75, 3.05) is 4.72 Å². The minimum atomic E-state index is -3.93. The second-order valence-corrected chi connectivity index (χ2v) is 14.8. The molecule has 0 radical (unpaired) electrons. The van der Waals surface area contributed by atoms with Crippen LogP contribution in [0, 0.1) is 11.3 Å². The Kier molecular flexibility index (Phi) is 9.30. The summed E-state index contributed by atoms with van der Waals surface area (Å²) >= 11 is 0. The van der Waals surface area contributed by atoms with Crippen LogP contribution in [0.1, 0.15) is 62.6 Å². The Hall–Kier alpha value is -4.24. The monoisotopic (exact) mass is 627 g/mol. The van der Waals surface area contributed by atoms with Crippen LogP contribution in [-0.4, -0.2) is 35.3 Å². The van der Waals surface area contributed by atoms with E-state index in [1.807, 2.05) is 87.5 Å². The van der Waals surface area contributed by atoms with Crippen LogP contribution in [0.4, 0.5) is 5.69 Å². The molecule has 5 rings (SSSR count). The molecule has 0 amide bonds. The van der Waals surface area contributed by atoms with Gasteiger partial charge >= 0.3 is 5.97 Å². The third kappa shape index (κ3) is 7.71. The Labute approximate surface area is 265 Å². The molecule has 1 N–H and O–H groups in total. The first-order chi connectivity index (χ1) is 21.4. The summed E-state index contributed by atoms with van der Waals surface area (Å²) in [5.74, 6) is -2.23. The smallest absolute Gasteiger partial charge is 0.317 e. The molecule has 2 heterocycles. The number of hydrogen-bond acceptors (Lipinski definition) is 6. The Bertz CT molecular complexity index is 1680. The summed E-state index contributed by atoms with van der Waals surface area (Å²) in [6, 6.07) is 27.0. The zero-order chi connectivity index (χ0) is 32.2. The number of aromatic nitrogens is 2. The number of nitrogens with one attached hydrogen (secondary N) is 1. The van der Waals surface area contributed by atoms with Crippen LogP contribution in [0.15, 0.2) is 102 Å². The summed E-state index contributed by atoms with van der Waals surface area (Å²) in [6.45, 7) is 5.95. The van der Waals surface area contributed by atoms with Crippen molar-refractivity contribution in [1.29, 1.82) is 0 Å². The van der Waals surface area contributed by atoms with E-state index in [0.717, 1.165) is 11.1 Å². The minimum absolute atomic E-state index is 0.101. The number of benzene rings is 3. The number of aryl methyl sites for hydroxylation is 3. The quantitative estimate of drug-likeness (QED) is 0.151. The lowest BCUT2D eigenvalue weighted by Crippen LogP contribution is -2.51. The molecule has 1 unspecified atom stereocenters. The number of ether oxygens (including phenoxy) is 1. The van der Waals surface area contributed by atoms with Gasteiger partial charge in [0.1, 0.15) is 11.5 Å². The highest BCUT2D eigenvalue weighted by atomic mass is 32.2. The van der Waals surface area contributed by atoms with Gasteiger partial charge in [-0.05, 0) is 59.9 Å². The third-order valence-electron chi connectivity index (χ3n) is 8.56. The van der Waals surface area contributed by atoms with Gasteiger partial charge in [-0.3, -0.25) is 14.3 Å². The number of ketones is 1. The highest BCUT2D eigenvalue weighted by Crippen LogP contribution is 2.47. The lowest BCUT2D eigenvalue weighted by molar-refractivity contribution is -0.181. The molecular weight excluding hydrogens is 586 g/mol. The third-order valence-corrected chi connectivity index (χ3v) is 9.83. The van der Waals surface area contributed by atoms with E-state index in [9.17, 15) is 18.0 Å². The SMILES string of the molecule is Cn1cnc(S(=O)(=O)Nc2cccc([C@@H](C3C(=O)CC(CCc4ccccc4)(CCc4ccccc4)OC3=O)C(C)(C)C)c2)c1. The number of anilines is 1. The van der Waals surface area contributed by atoms with Gasteiger partial charge in [0, 0.05) is 31.3 Å². The molecule has 1 aliphatic rings. The Morgan fingerprint density at radius 3 is 2.04 bits per heavy atom. The maximum Gasteiger partial charge on any atom is 0.317 e. The molecule has 1 aliphatic heterocycles. The van der Waals surface area contributed by atoms with Gasteiger partial charge in [-0.2, -0.15) is 8.42 Å². The number of Topliss-reactive ketones (excluding diaryl/α,β-unsaturated/α-hetero) is 1. The molecule has 236 valence electrons. The molecule has 4 aromatic rings. The number of sulfonamides is 1. The van der Waals surface area contributed by atoms with E-state index in [1.165, 1.54) is 12.5 Å². The minimum Gasteiger partial charge on any atom is -0.458 e. The fraction of sp³-hybridized carbons (Fsp3) is 0.361. The largest absolute Gasteiger partial charge is 0.458 e. The van der Waals surface area contributed by atoms with Crippen molar-refractivity contribution in [2.24, 2.45) is 18.4 Å². The number of imidazole rings is 1. The Morgan fingerprint density at radius 2 is 1.53 bits per heavy atom. The maximum atomic E-state index is 14.2. The van der Waals surface area contributed by atoms with Crippen molar-refractivity contribution in [1.82, 2.24) is 9.55 Å². The first kappa shape index (κ1) is 32.2. The van der Waals surface area contributed by atoms with Gasteiger partial charge in [-0.15, -0.1) is 0 Å². The van der Waals surface area contributed by atoms with Crippen molar-refractivity contribution in [3.8, 4) is 0 Å². The lowest BCUT2D eigenvalue weighted by Gasteiger charge is -2.44. The predicted molar refractivity (Wildman–Crippen MR) is 174 cm³/mol.